The number of hydrogen-bond donors (Lipinski definition) is 2. The summed E-state index contributed by atoms with van der Waals surface area (Å²) in [6.07, 6.45) is 0. The minimum absolute atomic E-state index is 0.144. The van der Waals surface area contributed by atoms with Gasteiger partial charge in [-0.05, 0) is 23.6 Å². The smallest absolute Gasteiger partial charge is 0.236 e. The Bertz CT molecular complexity index is 1090. The predicted molar refractivity (Wildman–Crippen MR) is 113 cm³/mol. The lowest BCUT2D eigenvalue weighted by Gasteiger charge is -2.10. The fraction of sp³-hybridized carbons (Fsp3) is 0.167. The molecule has 0 unspecified atom stereocenters. The lowest BCUT2D eigenvalue weighted by Crippen LogP contribution is -2.07. The van der Waals surface area contributed by atoms with E-state index in [1.165, 1.54) is 0 Å². The first kappa shape index (κ1) is 19.2. The van der Waals surface area contributed by atoms with Gasteiger partial charge in [-0.3, -0.25) is 0 Å². The van der Waals surface area contributed by atoms with Crippen LogP contribution < -0.4 is 15.8 Å². The Kier molecular flexibility index (Phi) is 5.86. The van der Waals surface area contributed by atoms with E-state index in [0.717, 1.165) is 10.6 Å². The van der Waals surface area contributed by atoms with Gasteiger partial charge in [0, 0.05) is 0 Å². The number of para-hydroxylation sites is 2. The van der Waals surface area contributed by atoms with Crippen LogP contribution in [0.1, 0.15) is 11.7 Å². The Balaban J connectivity index is 1.39. The number of hydrogen-bond acceptors (Lipinski definition) is 11. The third-order valence-corrected chi connectivity index (χ3v) is 5.50. The van der Waals surface area contributed by atoms with Gasteiger partial charge in [-0.25, -0.2) is 0 Å². The molecule has 0 amide bonds. The standard InChI is InChI=1S/C18H17N7O2S2/c1-26-12-6-3-2-5-11(12)20-18-22-14(21-17(19)24-18)9-28-10-15-23-16(25-27-15)13-7-4-8-29-13/h2-8H,9-10H2,1H3,(H3,19,20,21,22,24). The van der Waals surface area contributed by atoms with Crippen molar-refractivity contribution in [3.8, 4) is 16.5 Å². The van der Waals surface area contributed by atoms with Gasteiger partial charge in [0.2, 0.25) is 23.6 Å². The third kappa shape index (κ3) is 4.81. The van der Waals surface area contributed by atoms with Gasteiger partial charge in [-0.2, -0.15) is 19.9 Å². The summed E-state index contributed by atoms with van der Waals surface area (Å²) in [5, 5.41) is 9.09. The average molecular weight is 428 g/mol. The fourth-order valence-electron chi connectivity index (χ4n) is 2.48. The van der Waals surface area contributed by atoms with E-state index in [9.17, 15) is 0 Å². The van der Waals surface area contributed by atoms with Crippen LogP contribution in [0.25, 0.3) is 10.7 Å². The van der Waals surface area contributed by atoms with E-state index in [-0.39, 0.29) is 5.95 Å². The maximum atomic E-state index is 5.84. The molecular weight excluding hydrogens is 410 g/mol. The molecule has 4 rings (SSSR count). The van der Waals surface area contributed by atoms with Gasteiger partial charge in [0.1, 0.15) is 11.6 Å². The van der Waals surface area contributed by atoms with Crippen molar-refractivity contribution in [1.82, 2.24) is 25.1 Å². The van der Waals surface area contributed by atoms with Crippen LogP contribution in [0.15, 0.2) is 46.3 Å². The number of aromatic nitrogens is 5. The van der Waals surface area contributed by atoms with Crippen molar-refractivity contribution in [2.45, 2.75) is 11.5 Å². The topological polar surface area (TPSA) is 125 Å². The summed E-state index contributed by atoms with van der Waals surface area (Å²) in [6.45, 7) is 0. The highest BCUT2D eigenvalue weighted by atomic mass is 32.2. The summed E-state index contributed by atoms with van der Waals surface area (Å²) in [6, 6.07) is 11.4. The van der Waals surface area contributed by atoms with E-state index in [1.807, 2.05) is 41.8 Å². The van der Waals surface area contributed by atoms with Crippen LogP contribution in [0.4, 0.5) is 17.6 Å². The Morgan fingerprint density at radius 2 is 2.00 bits per heavy atom. The van der Waals surface area contributed by atoms with Gasteiger partial charge in [-0.1, -0.05) is 23.4 Å². The molecule has 0 radical (unpaired) electrons. The molecule has 3 N–H and O–H groups in total. The number of benzene rings is 1. The number of thioether (sulfide) groups is 1. The Morgan fingerprint density at radius 3 is 2.83 bits per heavy atom. The van der Waals surface area contributed by atoms with Crippen LogP contribution in [0, 0.1) is 0 Å². The number of rotatable bonds is 8. The van der Waals surface area contributed by atoms with Crippen molar-refractivity contribution in [2.75, 3.05) is 18.2 Å². The fourth-order valence-corrected chi connectivity index (χ4v) is 3.83. The maximum Gasteiger partial charge on any atom is 0.236 e. The molecule has 0 saturated heterocycles. The zero-order valence-electron chi connectivity index (χ0n) is 15.4. The molecule has 0 spiro atoms. The Labute approximate surface area is 174 Å². The summed E-state index contributed by atoms with van der Waals surface area (Å²) in [5.74, 6) is 3.94. The number of nitrogens with one attached hydrogen (secondary N) is 1. The zero-order valence-corrected chi connectivity index (χ0v) is 17.0. The van der Waals surface area contributed by atoms with Crippen LogP contribution in [0.3, 0.4) is 0 Å². The molecule has 0 aliphatic rings. The van der Waals surface area contributed by atoms with Gasteiger partial charge in [0.15, 0.2) is 0 Å². The molecule has 11 heteroatoms. The van der Waals surface area contributed by atoms with Crippen LogP contribution in [0.2, 0.25) is 0 Å². The van der Waals surface area contributed by atoms with E-state index < -0.39 is 0 Å². The minimum Gasteiger partial charge on any atom is -0.495 e. The van der Waals surface area contributed by atoms with Crippen molar-refractivity contribution >= 4 is 40.7 Å². The molecular formula is C18H17N7O2S2. The van der Waals surface area contributed by atoms with Crippen molar-refractivity contribution in [1.29, 1.82) is 0 Å². The number of nitrogens with two attached hydrogens (primary N) is 1. The van der Waals surface area contributed by atoms with Gasteiger partial charge < -0.3 is 20.3 Å². The van der Waals surface area contributed by atoms with E-state index in [0.29, 0.717) is 40.7 Å². The summed E-state index contributed by atoms with van der Waals surface area (Å²) < 4.78 is 10.6. The quantitative estimate of drug-likeness (QED) is 0.429. The number of nitrogens with zero attached hydrogens (tertiary/aromatic N) is 5. The minimum atomic E-state index is 0.144. The Hall–Kier alpha value is -3.18. The van der Waals surface area contributed by atoms with Crippen LogP contribution in [-0.2, 0) is 11.5 Å². The monoisotopic (exact) mass is 427 g/mol. The van der Waals surface area contributed by atoms with Crippen LogP contribution >= 0.6 is 23.1 Å². The number of ether oxygens (including phenoxy) is 1. The first-order valence-corrected chi connectivity index (χ1v) is 10.6. The molecule has 3 aromatic heterocycles. The van der Waals surface area contributed by atoms with E-state index in [2.05, 4.69) is 30.4 Å². The highest BCUT2D eigenvalue weighted by Gasteiger charge is 2.11. The van der Waals surface area contributed by atoms with Gasteiger partial charge in [-0.15, -0.1) is 23.1 Å². The van der Waals surface area contributed by atoms with Gasteiger partial charge >= 0.3 is 0 Å². The van der Waals surface area contributed by atoms with Gasteiger partial charge in [0.05, 0.1) is 29.2 Å². The predicted octanol–water partition coefficient (Wildman–Crippen LogP) is 3.75. The van der Waals surface area contributed by atoms with Crippen molar-refractivity contribution in [2.24, 2.45) is 0 Å². The number of thiophene rings is 1. The van der Waals surface area contributed by atoms with E-state index in [4.69, 9.17) is 15.0 Å². The Morgan fingerprint density at radius 1 is 1.10 bits per heavy atom. The number of methoxy groups -OCH3 is 1. The molecule has 9 nitrogen and oxygen atoms in total. The number of nitrogen functional groups attached to an aromatic ring is 1. The highest BCUT2D eigenvalue weighted by Crippen LogP contribution is 2.26. The average Bonchev–Trinajstić information content (AvgIpc) is 3.40. The van der Waals surface area contributed by atoms with Crippen molar-refractivity contribution in [3.63, 3.8) is 0 Å². The highest BCUT2D eigenvalue weighted by molar-refractivity contribution is 7.97. The maximum absolute atomic E-state index is 5.84. The van der Waals surface area contributed by atoms with E-state index >= 15 is 0 Å². The summed E-state index contributed by atoms with van der Waals surface area (Å²) in [5.41, 5.74) is 6.58. The molecule has 0 saturated carbocycles. The first-order valence-electron chi connectivity index (χ1n) is 8.56. The molecule has 0 fully saturated rings. The largest absolute Gasteiger partial charge is 0.495 e. The SMILES string of the molecule is COc1ccccc1Nc1nc(N)nc(CSCc2nc(-c3cccs3)no2)n1. The molecule has 0 bridgehead atoms. The second-order valence-corrected chi connectivity index (χ2v) is 7.67. The molecule has 0 atom stereocenters. The lowest BCUT2D eigenvalue weighted by molar-refractivity contribution is 0.392. The molecule has 0 aliphatic carbocycles. The summed E-state index contributed by atoms with van der Waals surface area (Å²) >= 11 is 3.12. The third-order valence-electron chi connectivity index (χ3n) is 3.72. The van der Waals surface area contributed by atoms with E-state index in [1.54, 1.807) is 30.2 Å². The van der Waals surface area contributed by atoms with Crippen LogP contribution in [0.5, 0.6) is 5.75 Å². The second kappa shape index (κ2) is 8.88. The van der Waals surface area contributed by atoms with Gasteiger partial charge in [0.25, 0.3) is 0 Å². The second-order valence-electron chi connectivity index (χ2n) is 5.74. The molecule has 29 heavy (non-hydrogen) atoms. The number of anilines is 3. The molecule has 4 aromatic rings. The normalized spacial score (nSPS) is 10.8. The molecule has 148 valence electrons. The van der Waals surface area contributed by atoms with Crippen LogP contribution in [-0.4, -0.2) is 32.2 Å². The zero-order chi connectivity index (χ0) is 20.1. The summed E-state index contributed by atoms with van der Waals surface area (Å²) in [4.78, 5) is 18.1. The molecule has 3 heterocycles. The molecule has 0 aliphatic heterocycles. The van der Waals surface area contributed by atoms with Crippen molar-refractivity contribution < 1.29 is 9.26 Å². The molecule has 1 aromatic carbocycles. The summed E-state index contributed by atoms with van der Waals surface area (Å²) in [7, 11) is 1.60. The van der Waals surface area contributed by atoms with Crippen molar-refractivity contribution in [3.05, 3.63) is 53.5 Å². The first-order chi connectivity index (χ1) is 14.2. The lowest BCUT2D eigenvalue weighted by atomic mass is 10.3.